The number of para-hydroxylation sites is 1. The first kappa shape index (κ1) is 9.74. The third kappa shape index (κ3) is 2.06. The maximum atomic E-state index is 10.6. The van der Waals surface area contributed by atoms with Gasteiger partial charge in [-0.3, -0.25) is 10.1 Å². The van der Waals surface area contributed by atoms with Crippen LogP contribution in [0.25, 0.3) is 5.57 Å². The summed E-state index contributed by atoms with van der Waals surface area (Å²) in [5, 5.41) is 10.6. The Hall–Kier alpha value is -1.35. The van der Waals surface area contributed by atoms with Crippen molar-refractivity contribution in [3.05, 3.63) is 46.5 Å². The molecule has 0 aliphatic heterocycles. The Balaban J connectivity index is 3.19. The Morgan fingerprint density at radius 1 is 1.54 bits per heavy atom. The van der Waals surface area contributed by atoms with Gasteiger partial charge in [0.2, 0.25) is 0 Å². The molecule has 1 rings (SSSR count). The van der Waals surface area contributed by atoms with Crippen LogP contribution in [0.15, 0.2) is 30.8 Å². The lowest BCUT2D eigenvalue weighted by molar-refractivity contribution is -0.385. The van der Waals surface area contributed by atoms with Gasteiger partial charge < -0.3 is 0 Å². The van der Waals surface area contributed by atoms with Crippen molar-refractivity contribution in [1.82, 2.24) is 0 Å². The molecular weight excluding hydrogens is 190 g/mol. The molecule has 0 heterocycles. The van der Waals surface area contributed by atoms with Gasteiger partial charge >= 0.3 is 0 Å². The standard InChI is InChI=1S/C9H8ClNO2/c1-7(6-10)8-4-2-3-5-9(8)11(12)13/h2-5H,1,6H2. The number of nitro groups is 1. The summed E-state index contributed by atoms with van der Waals surface area (Å²) in [6.45, 7) is 3.65. The summed E-state index contributed by atoms with van der Waals surface area (Å²) >= 11 is 5.54. The first-order valence-corrected chi connectivity index (χ1v) is 4.17. The SMILES string of the molecule is C=C(CCl)c1ccccc1[N+](=O)[O-]. The van der Waals surface area contributed by atoms with E-state index in [9.17, 15) is 10.1 Å². The molecule has 0 radical (unpaired) electrons. The van der Waals surface area contributed by atoms with E-state index in [1.165, 1.54) is 6.07 Å². The summed E-state index contributed by atoms with van der Waals surface area (Å²) < 4.78 is 0. The molecule has 0 N–H and O–H groups in total. The number of halogens is 1. The molecule has 0 spiro atoms. The summed E-state index contributed by atoms with van der Waals surface area (Å²) in [4.78, 5) is 10.1. The number of allylic oxidation sites excluding steroid dienone is 1. The largest absolute Gasteiger partial charge is 0.276 e. The quantitative estimate of drug-likeness (QED) is 0.425. The van der Waals surface area contributed by atoms with Crippen molar-refractivity contribution in [2.75, 3.05) is 5.88 Å². The molecule has 0 saturated heterocycles. The Morgan fingerprint density at radius 3 is 2.69 bits per heavy atom. The molecule has 0 aliphatic rings. The van der Waals surface area contributed by atoms with E-state index in [-0.39, 0.29) is 11.6 Å². The van der Waals surface area contributed by atoms with Crippen LogP contribution in [0.1, 0.15) is 5.56 Å². The fourth-order valence-electron chi connectivity index (χ4n) is 1.00. The zero-order valence-corrected chi connectivity index (χ0v) is 7.62. The minimum Gasteiger partial charge on any atom is -0.258 e. The zero-order chi connectivity index (χ0) is 9.84. The van der Waals surface area contributed by atoms with Gasteiger partial charge in [-0.1, -0.05) is 18.7 Å². The molecule has 1 aromatic carbocycles. The van der Waals surface area contributed by atoms with Gasteiger partial charge in [0.1, 0.15) is 0 Å². The van der Waals surface area contributed by atoms with Crippen molar-refractivity contribution < 1.29 is 4.92 Å². The third-order valence-electron chi connectivity index (χ3n) is 1.64. The molecule has 0 saturated carbocycles. The number of alkyl halides is 1. The number of hydrogen-bond donors (Lipinski definition) is 0. The molecule has 1 aromatic rings. The van der Waals surface area contributed by atoms with E-state index in [4.69, 9.17) is 11.6 Å². The van der Waals surface area contributed by atoms with Crippen LogP contribution >= 0.6 is 11.6 Å². The molecular formula is C9H8ClNO2. The molecule has 0 fully saturated rings. The first-order chi connectivity index (χ1) is 6.16. The van der Waals surface area contributed by atoms with Crippen molar-refractivity contribution >= 4 is 22.9 Å². The highest BCUT2D eigenvalue weighted by Crippen LogP contribution is 2.24. The molecule has 0 aromatic heterocycles. The molecule has 3 nitrogen and oxygen atoms in total. The normalized spacial score (nSPS) is 9.62. The van der Waals surface area contributed by atoms with E-state index in [0.717, 1.165) is 0 Å². The smallest absolute Gasteiger partial charge is 0.258 e. The van der Waals surface area contributed by atoms with Crippen LogP contribution in [-0.4, -0.2) is 10.8 Å². The van der Waals surface area contributed by atoms with E-state index in [2.05, 4.69) is 6.58 Å². The molecule has 0 atom stereocenters. The molecule has 0 bridgehead atoms. The topological polar surface area (TPSA) is 43.1 Å². The average Bonchev–Trinajstić information content (AvgIpc) is 2.16. The van der Waals surface area contributed by atoms with E-state index in [0.29, 0.717) is 11.1 Å². The minimum atomic E-state index is -0.437. The van der Waals surface area contributed by atoms with Crippen LogP contribution in [0.5, 0.6) is 0 Å². The van der Waals surface area contributed by atoms with Crippen LogP contribution in [0, 0.1) is 10.1 Å². The second kappa shape index (κ2) is 4.05. The molecule has 13 heavy (non-hydrogen) atoms. The van der Waals surface area contributed by atoms with Gasteiger partial charge in [0.15, 0.2) is 0 Å². The van der Waals surface area contributed by atoms with Gasteiger partial charge in [0.05, 0.1) is 10.5 Å². The molecule has 4 heteroatoms. The van der Waals surface area contributed by atoms with Crippen LogP contribution in [0.4, 0.5) is 5.69 Å². The lowest BCUT2D eigenvalue weighted by Gasteiger charge is -2.01. The Bertz CT molecular complexity index is 349. The third-order valence-corrected chi connectivity index (χ3v) is 1.97. The van der Waals surface area contributed by atoms with Gasteiger partial charge in [0.25, 0.3) is 5.69 Å². The maximum Gasteiger partial charge on any atom is 0.276 e. The van der Waals surface area contributed by atoms with Crippen molar-refractivity contribution in [2.24, 2.45) is 0 Å². The van der Waals surface area contributed by atoms with Gasteiger partial charge in [0, 0.05) is 11.9 Å². The molecule has 0 amide bonds. The van der Waals surface area contributed by atoms with Crippen molar-refractivity contribution in [3.8, 4) is 0 Å². The van der Waals surface area contributed by atoms with Gasteiger partial charge in [-0.15, -0.1) is 11.6 Å². The fraction of sp³-hybridized carbons (Fsp3) is 0.111. The van der Waals surface area contributed by atoms with E-state index in [1.807, 2.05) is 0 Å². The van der Waals surface area contributed by atoms with Gasteiger partial charge in [-0.2, -0.15) is 0 Å². The van der Waals surface area contributed by atoms with Gasteiger partial charge in [-0.05, 0) is 11.6 Å². The van der Waals surface area contributed by atoms with Crippen molar-refractivity contribution in [3.63, 3.8) is 0 Å². The number of hydrogen-bond acceptors (Lipinski definition) is 2. The number of rotatable bonds is 3. The highest BCUT2D eigenvalue weighted by Gasteiger charge is 2.13. The lowest BCUT2D eigenvalue weighted by Crippen LogP contribution is -1.94. The number of nitrogens with zero attached hydrogens (tertiary/aromatic N) is 1. The monoisotopic (exact) mass is 197 g/mol. The van der Waals surface area contributed by atoms with E-state index >= 15 is 0 Å². The maximum absolute atomic E-state index is 10.6. The fourth-order valence-corrected chi connectivity index (χ4v) is 1.15. The molecule has 0 aliphatic carbocycles. The minimum absolute atomic E-state index is 0.0492. The predicted octanol–water partition coefficient (Wildman–Crippen LogP) is 2.85. The number of nitro benzene ring substituents is 1. The van der Waals surface area contributed by atoms with Crippen molar-refractivity contribution in [2.45, 2.75) is 0 Å². The average molecular weight is 198 g/mol. The van der Waals surface area contributed by atoms with E-state index < -0.39 is 4.92 Å². The highest BCUT2D eigenvalue weighted by atomic mass is 35.5. The summed E-state index contributed by atoms with van der Waals surface area (Å²) in [5.41, 5.74) is 1.12. The second-order valence-corrected chi connectivity index (χ2v) is 2.78. The van der Waals surface area contributed by atoms with Crippen LogP contribution in [0.2, 0.25) is 0 Å². The summed E-state index contributed by atoms with van der Waals surface area (Å²) in [7, 11) is 0. The Kier molecular flexibility index (Phi) is 3.03. The number of benzene rings is 1. The summed E-state index contributed by atoms with van der Waals surface area (Å²) in [6.07, 6.45) is 0. The van der Waals surface area contributed by atoms with Crippen LogP contribution in [0.3, 0.4) is 0 Å². The summed E-state index contributed by atoms with van der Waals surface area (Å²) in [6, 6.07) is 6.42. The first-order valence-electron chi connectivity index (χ1n) is 3.64. The Labute approximate surface area is 80.8 Å². The molecule has 0 unspecified atom stereocenters. The van der Waals surface area contributed by atoms with Crippen LogP contribution < -0.4 is 0 Å². The molecule has 68 valence electrons. The van der Waals surface area contributed by atoms with Crippen molar-refractivity contribution in [1.29, 1.82) is 0 Å². The highest BCUT2D eigenvalue weighted by molar-refractivity contribution is 6.23. The van der Waals surface area contributed by atoms with E-state index in [1.54, 1.807) is 18.2 Å². The predicted molar refractivity (Wildman–Crippen MR) is 52.9 cm³/mol. The Morgan fingerprint density at radius 2 is 2.15 bits per heavy atom. The van der Waals surface area contributed by atoms with Crippen LogP contribution in [-0.2, 0) is 0 Å². The zero-order valence-electron chi connectivity index (χ0n) is 6.87. The second-order valence-electron chi connectivity index (χ2n) is 2.51. The van der Waals surface area contributed by atoms with Gasteiger partial charge in [-0.25, -0.2) is 0 Å². The lowest BCUT2D eigenvalue weighted by atomic mass is 10.1. The summed E-state index contributed by atoms with van der Waals surface area (Å²) in [5.74, 6) is 0.199.